The summed E-state index contributed by atoms with van der Waals surface area (Å²) in [7, 11) is 1.37. The number of esters is 1. The third kappa shape index (κ3) is 2.31. The number of thiazole rings is 1. The average molecular weight is 304 g/mol. The zero-order valence-corrected chi connectivity index (χ0v) is 12.4. The molecule has 0 saturated carbocycles. The van der Waals surface area contributed by atoms with Crippen LogP contribution in [0, 0.1) is 5.82 Å². The molecule has 6 heteroatoms. The Bertz CT molecular complexity index is 805. The highest BCUT2D eigenvalue weighted by atomic mass is 32.1. The summed E-state index contributed by atoms with van der Waals surface area (Å²) in [6.45, 7) is 1.98. The van der Waals surface area contributed by atoms with E-state index in [4.69, 9.17) is 4.74 Å². The van der Waals surface area contributed by atoms with Gasteiger partial charge in [0.15, 0.2) is 4.96 Å². The molecule has 0 atom stereocenters. The van der Waals surface area contributed by atoms with E-state index < -0.39 is 0 Å². The highest BCUT2D eigenvalue weighted by Gasteiger charge is 2.20. The second-order valence-electron chi connectivity index (χ2n) is 4.51. The van der Waals surface area contributed by atoms with Crippen molar-refractivity contribution in [2.75, 3.05) is 7.11 Å². The Labute approximate surface area is 124 Å². The van der Waals surface area contributed by atoms with Gasteiger partial charge in [-0.1, -0.05) is 18.3 Å². The van der Waals surface area contributed by atoms with Gasteiger partial charge in [0.05, 0.1) is 12.8 Å². The number of aromatic nitrogens is 2. The zero-order chi connectivity index (χ0) is 15.0. The number of hydrogen-bond donors (Lipinski definition) is 0. The Morgan fingerprint density at radius 1 is 1.38 bits per heavy atom. The van der Waals surface area contributed by atoms with Crippen LogP contribution >= 0.6 is 11.3 Å². The van der Waals surface area contributed by atoms with Gasteiger partial charge in [-0.3, -0.25) is 4.40 Å². The van der Waals surface area contributed by atoms with Crippen molar-refractivity contribution in [1.82, 2.24) is 9.38 Å². The molecule has 0 amide bonds. The maximum Gasteiger partial charge on any atom is 0.349 e. The Hall–Kier alpha value is -2.21. The molecule has 0 unspecified atom stereocenters. The molecule has 0 radical (unpaired) electrons. The average Bonchev–Trinajstić information content (AvgIpc) is 3.04. The summed E-state index contributed by atoms with van der Waals surface area (Å²) in [5.41, 5.74) is 2.48. The lowest BCUT2D eigenvalue weighted by Gasteiger charge is -2.00. The first kappa shape index (κ1) is 13.8. The standard InChI is InChI=1S/C15H13FN2O2S/c1-3-12-13(14(19)20-2)21-15-17-11(8-18(12)15)9-4-6-10(16)7-5-9/h4-8H,3H2,1-2H3. The molecule has 0 spiro atoms. The monoisotopic (exact) mass is 304 g/mol. The van der Waals surface area contributed by atoms with E-state index in [9.17, 15) is 9.18 Å². The largest absolute Gasteiger partial charge is 0.465 e. The fourth-order valence-corrected chi connectivity index (χ4v) is 3.35. The van der Waals surface area contributed by atoms with Gasteiger partial charge in [-0.05, 0) is 30.7 Å². The smallest absolute Gasteiger partial charge is 0.349 e. The number of ether oxygens (including phenoxy) is 1. The number of aryl methyl sites for hydroxylation is 1. The van der Waals surface area contributed by atoms with Crippen LogP contribution in [0.25, 0.3) is 16.2 Å². The fraction of sp³-hybridized carbons (Fsp3) is 0.200. The molecule has 2 aromatic heterocycles. The lowest BCUT2D eigenvalue weighted by molar-refractivity contribution is 0.0604. The summed E-state index contributed by atoms with van der Waals surface area (Å²) in [6, 6.07) is 6.19. The Balaban J connectivity index is 2.11. The number of nitrogens with zero attached hydrogens (tertiary/aromatic N) is 2. The molecular formula is C15H13FN2O2S. The van der Waals surface area contributed by atoms with E-state index in [0.717, 1.165) is 21.9 Å². The molecule has 0 saturated heterocycles. The first-order valence-corrected chi connectivity index (χ1v) is 7.30. The lowest BCUT2D eigenvalue weighted by atomic mass is 10.2. The van der Waals surface area contributed by atoms with Crippen LogP contribution in [0.2, 0.25) is 0 Å². The number of imidazole rings is 1. The Morgan fingerprint density at radius 2 is 2.10 bits per heavy atom. The van der Waals surface area contributed by atoms with Gasteiger partial charge < -0.3 is 4.74 Å². The highest BCUT2D eigenvalue weighted by Crippen LogP contribution is 2.28. The number of fused-ring (bicyclic) bond motifs is 1. The first-order chi connectivity index (χ1) is 10.1. The van der Waals surface area contributed by atoms with Crippen LogP contribution in [0.4, 0.5) is 4.39 Å². The van der Waals surface area contributed by atoms with Crippen LogP contribution < -0.4 is 0 Å². The molecular weight excluding hydrogens is 291 g/mol. The molecule has 4 nitrogen and oxygen atoms in total. The minimum atomic E-state index is -0.342. The maximum absolute atomic E-state index is 13.0. The molecule has 0 bridgehead atoms. The number of rotatable bonds is 3. The molecule has 0 aliphatic rings. The minimum absolute atomic E-state index is 0.276. The number of halogens is 1. The fourth-order valence-electron chi connectivity index (χ4n) is 2.23. The summed E-state index contributed by atoms with van der Waals surface area (Å²) in [4.78, 5) is 17.6. The SMILES string of the molecule is CCc1c(C(=O)OC)sc2nc(-c3ccc(F)cc3)cn12. The highest BCUT2D eigenvalue weighted by molar-refractivity contribution is 7.19. The summed E-state index contributed by atoms with van der Waals surface area (Å²) in [6.07, 6.45) is 2.56. The van der Waals surface area contributed by atoms with Crippen molar-refractivity contribution in [3.05, 3.63) is 46.9 Å². The van der Waals surface area contributed by atoms with E-state index in [1.54, 1.807) is 12.1 Å². The molecule has 108 valence electrons. The zero-order valence-electron chi connectivity index (χ0n) is 11.6. The van der Waals surface area contributed by atoms with E-state index in [1.165, 1.54) is 30.6 Å². The van der Waals surface area contributed by atoms with Crippen LogP contribution in [-0.4, -0.2) is 22.5 Å². The normalized spacial score (nSPS) is 11.0. The molecule has 21 heavy (non-hydrogen) atoms. The van der Waals surface area contributed by atoms with Crippen LogP contribution in [0.3, 0.4) is 0 Å². The van der Waals surface area contributed by atoms with Gasteiger partial charge >= 0.3 is 5.97 Å². The van der Waals surface area contributed by atoms with Gasteiger partial charge in [0.1, 0.15) is 10.7 Å². The second-order valence-corrected chi connectivity index (χ2v) is 5.49. The van der Waals surface area contributed by atoms with Crippen LogP contribution in [0.5, 0.6) is 0 Å². The summed E-state index contributed by atoms with van der Waals surface area (Å²) in [5, 5.41) is 0. The summed E-state index contributed by atoms with van der Waals surface area (Å²) < 4.78 is 19.7. The molecule has 0 aliphatic heterocycles. The van der Waals surface area contributed by atoms with E-state index in [0.29, 0.717) is 11.3 Å². The van der Waals surface area contributed by atoms with Gasteiger partial charge in [-0.2, -0.15) is 0 Å². The molecule has 3 aromatic rings. The van der Waals surface area contributed by atoms with Gasteiger partial charge in [0.25, 0.3) is 0 Å². The Morgan fingerprint density at radius 3 is 2.71 bits per heavy atom. The molecule has 1 aromatic carbocycles. The lowest BCUT2D eigenvalue weighted by Crippen LogP contribution is -2.03. The van der Waals surface area contributed by atoms with Gasteiger partial charge in [0.2, 0.25) is 0 Å². The summed E-state index contributed by atoms with van der Waals surface area (Å²) >= 11 is 1.30. The van der Waals surface area contributed by atoms with Crippen molar-refractivity contribution < 1.29 is 13.9 Å². The van der Waals surface area contributed by atoms with Crippen molar-refractivity contribution >= 4 is 22.3 Å². The van der Waals surface area contributed by atoms with E-state index >= 15 is 0 Å². The topological polar surface area (TPSA) is 43.6 Å². The van der Waals surface area contributed by atoms with Crippen molar-refractivity contribution in [1.29, 1.82) is 0 Å². The number of carbonyl (C=O) groups excluding carboxylic acids is 1. The van der Waals surface area contributed by atoms with E-state index in [1.807, 2.05) is 17.5 Å². The molecule has 3 rings (SSSR count). The van der Waals surface area contributed by atoms with Crippen molar-refractivity contribution in [2.45, 2.75) is 13.3 Å². The molecule has 0 fully saturated rings. The van der Waals surface area contributed by atoms with Crippen molar-refractivity contribution in [3.8, 4) is 11.3 Å². The number of methoxy groups -OCH3 is 1. The van der Waals surface area contributed by atoms with Gasteiger partial charge in [0, 0.05) is 17.5 Å². The number of benzene rings is 1. The summed E-state index contributed by atoms with van der Waals surface area (Å²) in [5.74, 6) is -0.618. The second kappa shape index (κ2) is 5.29. The van der Waals surface area contributed by atoms with Gasteiger partial charge in [-0.25, -0.2) is 14.2 Å². The van der Waals surface area contributed by atoms with Crippen molar-refractivity contribution in [2.24, 2.45) is 0 Å². The maximum atomic E-state index is 13.0. The van der Waals surface area contributed by atoms with Crippen molar-refractivity contribution in [3.63, 3.8) is 0 Å². The van der Waals surface area contributed by atoms with Gasteiger partial charge in [-0.15, -0.1) is 0 Å². The third-order valence-electron chi connectivity index (χ3n) is 3.27. The minimum Gasteiger partial charge on any atom is -0.465 e. The molecule has 2 heterocycles. The van der Waals surface area contributed by atoms with Crippen LogP contribution in [-0.2, 0) is 11.2 Å². The molecule has 0 aliphatic carbocycles. The predicted molar refractivity (Wildman–Crippen MR) is 79.2 cm³/mol. The Kier molecular flexibility index (Phi) is 3.47. The predicted octanol–water partition coefficient (Wildman–Crippen LogP) is 3.55. The molecule has 0 N–H and O–H groups in total. The van der Waals surface area contributed by atoms with E-state index in [2.05, 4.69) is 4.98 Å². The van der Waals surface area contributed by atoms with Crippen LogP contribution in [0.15, 0.2) is 30.5 Å². The number of hydrogen-bond acceptors (Lipinski definition) is 4. The first-order valence-electron chi connectivity index (χ1n) is 6.49. The number of carbonyl (C=O) groups is 1. The van der Waals surface area contributed by atoms with Crippen LogP contribution in [0.1, 0.15) is 22.3 Å². The third-order valence-corrected chi connectivity index (χ3v) is 4.34. The van der Waals surface area contributed by atoms with E-state index in [-0.39, 0.29) is 11.8 Å². The quantitative estimate of drug-likeness (QED) is 0.695.